The van der Waals surface area contributed by atoms with Gasteiger partial charge in [-0.25, -0.2) is 0 Å². The van der Waals surface area contributed by atoms with Crippen LogP contribution in [0.5, 0.6) is 0 Å². The maximum atomic E-state index is 2.18. The van der Waals surface area contributed by atoms with E-state index in [4.69, 9.17) is 0 Å². The van der Waals surface area contributed by atoms with Crippen LogP contribution in [0.15, 0.2) is 60.7 Å². The quantitative estimate of drug-likeness (QED) is 0.721. The summed E-state index contributed by atoms with van der Waals surface area (Å²) in [5, 5.41) is 0. The molecule has 0 bridgehead atoms. The number of benzene rings is 2. The second-order valence-electron chi connectivity index (χ2n) is 3.47. The predicted octanol–water partition coefficient (Wildman–Crippen LogP) is 3.40. The molecule has 2 rings (SSSR count). The van der Waals surface area contributed by atoms with Crippen molar-refractivity contribution in [3.63, 3.8) is 0 Å². The Hall–Kier alpha value is -0.181. The molecular formula is C14H18Cl2Sn. The summed E-state index contributed by atoms with van der Waals surface area (Å²) in [4.78, 5) is 0. The van der Waals surface area contributed by atoms with Crippen LogP contribution >= 0.6 is 24.8 Å². The first-order valence-electron chi connectivity index (χ1n) is 5.03. The normalized spacial score (nSPS) is 8.24. The van der Waals surface area contributed by atoms with Crippen molar-refractivity contribution in [3.05, 3.63) is 71.8 Å². The van der Waals surface area contributed by atoms with Gasteiger partial charge in [0.2, 0.25) is 0 Å². The molecule has 0 heterocycles. The van der Waals surface area contributed by atoms with Crippen LogP contribution in [0.25, 0.3) is 0 Å². The summed E-state index contributed by atoms with van der Waals surface area (Å²) >= 11 is 0. The minimum Gasteiger partial charge on any atom is -0.0622 e. The molecule has 2 aromatic rings. The molecule has 0 aliphatic carbocycles. The van der Waals surface area contributed by atoms with Gasteiger partial charge in [0.05, 0.1) is 0 Å². The van der Waals surface area contributed by atoms with Gasteiger partial charge in [-0.3, -0.25) is 0 Å². The molecule has 2 radical (unpaired) electrons. The monoisotopic (exact) mass is 376 g/mol. The SMILES string of the molecule is Cl.Cl.[SnH2].c1ccc(CCc2ccccc2)cc1. The van der Waals surface area contributed by atoms with Crippen LogP contribution in [0.1, 0.15) is 11.1 Å². The summed E-state index contributed by atoms with van der Waals surface area (Å²) in [6.07, 6.45) is 2.26. The van der Waals surface area contributed by atoms with Crippen molar-refractivity contribution in [1.82, 2.24) is 0 Å². The zero-order valence-electron chi connectivity index (χ0n) is 9.71. The third-order valence-electron chi connectivity index (χ3n) is 2.39. The fourth-order valence-corrected chi connectivity index (χ4v) is 1.58. The smallest absolute Gasteiger partial charge is 0.0238 e. The molecule has 0 saturated heterocycles. The van der Waals surface area contributed by atoms with E-state index in [9.17, 15) is 0 Å². The molecule has 0 aliphatic heterocycles. The van der Waals surface area contributed by atoms with Crippen LogP contribution < -0.4 is 0 Å². The van der Waals surface area contributed by atoms with Crippen molar-refractivity contribution < 1.29 is 0 Å². The fraction of sp³-hybridized carbons (Fsp3) is 0.143. The molecule has 0 atom stereocenters. The van der Waals surface area contributed by atoms with Crippen LogP contribution in [0.3, 0.4) is 0 Å². The summed E-state index contributed by atoms with van der Waals surface area (Å²) in [5.41, 5.74) is 2.83. The fourth-order valence-electron chi connectivity index (χ4n) is 1.58. The average molecular weight is 376 g/mol. The van der Waals surface area contributed by atoms with E-state index in [1.807, 2.05) is 0 Å². The Kier molecular flexibility index (Phi) is 12.3. The number of aryl methyl sites for hydroxylation is 2. The number of rotatable bonds is 3. The van der Waals surface area contributed by atoms with Gasteiger partial charge >= 0.3 is 23.9 Å². The maximum absolute atomic E-state index is 2.18. The molecule has 0 spiro atoms. The molecule has 0 unspecified atom stereocenters. The molecule has 17 heavy (non-hydrogen) atoms. The summed E-state index contributed by atoms with van der Waals surface area (Å²) in [6, 6.07) is 21.2. The Balaban J connectivity index is 0. The molecular weight excluding hydrogens is 358 g/mol. The molecule has 0 nitrogen and oxygen atoms in total. The van der Waals surface area contributed by atoms with Gasteiger partial charge in [0.25, 0.3) is 0 Å². The topological polar surface area (TPSA) is 0 Å². The summed E-state index contributed by atoms with van der Waals surface area (Å²) < 4.78 is 0. The molecule has 0 aliphatic rings. The van der Waals surface area contributed by atoms with Crippen LogP contribution in [-0.4, -0.2) is 23.9 Å². The Bertz CT molecular complexity index is 336. The largest absolute Gasteiger partial charge is 0.0622 e. The molecule has 0 amide bonds. The predicted molar refractivity (Wildman–Crippen MR) is 83.3 cm³/mol. The second-order valence-corrected chi connectivity index (χ2v) is 3.47. The summed E-state index contributed by atoms with van der Waals surface area (Å²) in [6.45, 7) is 0. The first-order valence-corrected chi connectivity index (χ1v) is 5.03. The summed E-state index contributed by atoms with van der Waals surface area (Å²) in [7, 11) is 0. The van der Waals surface area contributed by atoms with Crippen LogP contribution in [0.2, 0.25) is 0 Å². The van der Waals surface area contributed by atoms with Crippen molar-refractivity contribution in [2.45, 2.75) is 12.8 Å². The van der Waals surface area contributed by atoms with Gasteiger partial charge in [0.15, 0.2) is 0 Å². The van der Waals surface area contributed by atoms with E-state index in [0.29, 0.717) is 0 Å². The van der Waals surface area contributed by atoms with Crippen molar-refractivity contribution in [2.24, 2.45) is 0 Å². The van der Waals surface area contributed by atoms with E-state index in [1.54, 1.807) is 0 Å². The Labute approximate surface area is 133 Å². The van der Waals surface area contributed by atoms with Crippen molar-refractivity contribution in [3.8, 4) is 0 Å². The Morgan fingerprint density at radius 1 is 0.529 bits per heavy atom. The van der Waals surface area contributed by atoms with Gasteiger partial charge in [-0.15, -0.1) is 24.8 Å². The first kappa shape index (κ1) is 19.2. The van der Waals surface area contributed by atoms with Crippen LogP contribution in [0.4, 0.5) is 0 Å². The number of hydrogen-bond donors (Lipinski definition) is 0. The maximum Gasteiger partial charge on any atom is -0.0238 e. The van der Waals surface area contributed by atoms with Gasteiger partial charge in [-0.2, -0.15) is 0 Å². The molecule has 0 aromatic heterocycles. The van der Waals surface area contributed by atoms with E-state index in [-0.39, 0.29) is 48.7 Å². The zero-order chi connectivity index (χ0) is 9.64. The number of halogens is 2. The molecule has 3 heteroatoms. The van der Waals surface area contributed by atoms with Gasteiger partial charge in [-0.05, 0) is 24.0 Å². The van der Waals surface area contributed by atoms with Gasteiger partial charge < -0.3 is 0 Å². The van der Waals surface area contributed by atoms with Crippen molar-refractivity contribution in [2.75, 3.05) is 0 Å². The van der Waals surface area contributed by atoms with E-state index in [0.717, 1.165) is 12.8 Å². The first-order chi connectivity index (χ1) is 6.95. The molecule has 0 N–H and O–H groups in total. The van der Waals surface area contributed by atoms with Gasteiger partial charge in [0.1, 0.15) is 0 Å². The number of hydrogen-bond acceptors (Lipinski definition) is 0. The molecule has 0 fully saturated rings. The average Bonchev–Trinajstić information content (AvgIpc) is 2.29. The third kappa shape index (κ3) is 6.97. The molecule has 0 saturated carbocycles. The second kappa shape index (κ2) is 10.9. The van der Waals surface area contributed by atoms with E-state index in [2.05, 4.69) is 60.7 Å². The molecule has 92 valence electrons. The van der Waals surface area contributed by atoms with Crippen molar-refractivity contribution >= 4 is 48.7 Å². The zero-order valence-corrected chi connectivity index (χ0v) is 15.4. The minimum atomic E-state index is 0. The third-order valence-corrected chi connectivity index (χ3v) is 2.39. The van der Waals surface area contributed by atoms with Crippen LogP contribution in [0, 0.1) is 0 Å². The Morgan fingerprint density at radius 2 is 0.824 bits per heavy atom. The molecule has 2 aromatic carbocycles. The summed E-state index contributed by atoms with van der Waals surface area (Å²) in [5.74, 6) is 0. The van der Waals surface area contributed by atoms with E-state index >= 15 is 0 Å². The Morgan fingerprint density at radius 3 is 1.12 bits per heavy atom. The van der Waals surface area contributed by atoms with E-state index < -0.39 is 0 Å². The van der Waals surface area contributed by atoms with Gasteiger partial charge in [0, 0.05) is 0 Å². The van der Waals surface area contributed by atoms with Crippen LogP contribution in [-0.2, 0) is 12.8 Å². The standard InChI is InChI=1S/C14H14.2ClH.Sn.2H/c1-3-7-13(8-4-1)11-12-14-9-5-2-6-10-14;;;;;/h1-10H,11-12H2;2*1H;;;. The van der Waals surface area contributed by atoms with Crippen molar-refractivity contribution in [1.29, 1.82) is 0 Å². The van der Waals surface area contributed by atoms with E-state index in [1.165, 1.54) is 11.1 Å². The van der Waals surface area contributed by atoms with Gasteiger partial charge in [-0.1, -0.05) is 60.7 Å². The minimum absolute atomic E-state index is 0.